The number of allylic oxidation sites excluding steroid dienone is 3. The van der Waals surface area contributed by atoms with Crippen molar-refractivity contribution < 1.29 is 18.0 Å². The number of fused-ring (bicyclic) bond motifs is 1. The molecule has 132 valence electrons. The molecule has 6 nitrogen and oxygen atoms in total. The zero-order valence-corrected chi connectivity index (χ0v) is 15.0. The molecule has 1 aromatic heterocycles. The summed E-state index contributed by atoms with van der Waals surface area (Å²) in [6.07, 6.45) is 4.66. The van der Waals surface area contributed by atoms with E-state index < -0.39 is 15.8 Å². The third kappa shape index (κ3) is 2.20. The predicted molar refractivity (Wildman–Crippen MR) is 95.3 cm³/mol. The minimum absolute atomic E-state index is 0.0660. The highest BCUT2D eigenvalue weighted by Crippen LogP contribution is 2.34. The van der Waals surface area contributed by atoms with Crippen molar-refractivity contribution >= 4 is 21.6 Å². The van der Waals surface area contributed by atoms with Gasteiger partial charge in [0, 0.05) is 17.7 Å². The standard InChI is InChI=1S/C19H16N2O4S/c1-11-3-5-13(6-4-11)26(24,25)21-10-8-14-17(21)19(23)15-12(2)7-9-20-16(15)18(14)22/h3-10,12,20H,1-2H3. The van der Waals surface area contributed by atoms with E-state index in [1.54, 1.807) is 31.3 Å². The number of carbonyl (C=O) groups is 2. The van der Waals surface area contributed by atoms with Crippen LogP contribution in [0.1, 0.15) is 33.3 Å². The van der Waals surface area contributed by atoms with Crippen molar-refractivity contribution in [1.29, 1.82) is 0 Å². The lowest BCUT2D eigenvalue weighted by Gasteiger charge is -2.25. The van der Waals surface area contributed by atoms with Crippen LogP contribution in [-0.2, 0) is 10.0 Å². The largest absolute Gasteiger partial charge is 0.358 e. The Balaban J connectivity index is 1.90. The first-order chi connectivity index (χ1) is 12.3. The van der Waals surface area contributed by atoms with Gasteiger partial charge >= 0.3 is 0 Å². The second-order valence-electron chi connectivity index (χ2n) is 6.43. The minimum atomic E-state index is -3.98. The molecule has 0 radical (unpaired) electrons. The first-order valence-corrected chi connectivity index (χ1v) is 9.56. The molecule has 1 atom stereocenters. The Morgan fingerprint density at radius 2 is 1.73 bits per heavy atom. The molecular formula is C19H16N2O4S. The molecule has 2 aromatic rings. The van der Waals surface area contributed by atoms with Crippen LogP contribution in [0.2, 0.25) is 0 Å². The molecule has 0 amide bonds. The normalized spacial score (nSPS) is 19.2. The minimum Gasteiger partial charge on any atom is -0.358 e. The van der Waals surface area contributed by atoms with Gasteiger partial charge in [-0.15, -0.1) is 0 Å². The van der Waals surface area contributed by atoms with Crippen molar-refractivity contribution in [2.24, 2.45) is 5.92 Å². The highest BCUT2D eigenvalue weighted by atomic mass is 32.2. The number of aromatic nitrogens is 1. The lowest BCUT2D eigenvalue weighted by molar-refractivity contribution is 0.0959. The molecule has 1 aliphatic carbocycles. The van der Waals surface area contributed by atoms with Gasteiger partial charge in [-0.2, -0.15) is 0 Å². The number of benzene rings is 1. The van der Waals surface area contributed by atoms with Crippen molar-refractivity contribution in [1.82, 2.24) is 9.29 Å². The molecule has 1 aliphatic heterocycles. The van der Waals surface area contributed by atoms with Crippen LogP contribution in [-0.4, -0.2) is 24.0 Å². The monoisotopic (exact) mass is 368 g/mol. The van der Waals surface area contributed by atoms with E-state index in [-0.39, 0.29) is 33.6 Å². The summed E-state index contributed by atoms with van der Waals surface area (Å²) in [5, 5.41) is 2.83. The van der Waals surface area contributed by atoms with Crippen molar-refractivity contribution in [3.63, 3.8) is 0 Å². The highest BCUT2D eigenvalue weighted by Gasteiger charge is 2.39. The maximum absolute atomic E-state index is 13.1. The van der Waals surface area contributed by atoms with Crippen LogP contribution in [0.4, 0.5) is 0 Å². The summed E-state index contributed by atoms with van der Waals surface area (Å²) in [6.45, 7) is 3.65. The van der Waals surface area contributed by atoms with E-state index in [0.29, 0.717) is 5.57 Å². The quantitative estimate of drug-likeness (QED) is 0.880. The highest BCUT2D eigenvalue weighted by molar-refractivity contribution is 7.90. The summed E-state index contributed by atoms with van der Waals surface area (Å²) in [7, 11) is -3.98. The van der Waals surface area contributed by atoms with Gasteiger partial charge in [0.25, 0.3) is 10.0 Å². The molecule has 7 heteroatoms. The third-order valence-electron chi connectivity index (χ3n) is 4.70. The van der Waals surface area contributed by atoms with Gasteiger partial charge in [0.1, 0.15) is 5.69 Å². The fourth-order valence-corrected chi connectivity index (χ4v) is 4.64. The first kappa shape index (κ1) is 16.5. The van der Waals surface area contributed by atoms with E-state index >= 15 is 0 Å². The fraction of sp³-hybridized carbons (Fsp3) is 0.158. The van der Waals surface area contributed by atoms with E-state index in [0.717, 1.165) is 9.54 Å². The number of dihydropyridines is 1. The van der Waals surface area contributed by atoms with Crippen LogP contribution < -0.4 is 5.32 Å². The number of hydrogen-bond donors (Lipinski definition) is 1. The second kappa shape index (κ2) is 5.54. The molecule has 0 spiro atoms. The van der Waals surface area contributed by atoms with Gasteiger partial charge in [0.15, 0.2) is 0 Å². The SMILES string of the molecule is Cc1ccc(S(=O)(=O)n2ccc3c2C(=O)C2=C(NC=CC2C)C3=O)cc1. The Morgan fingerprint density at radius 3 is 2.42 bits per heavy atom. The number of rotatable bonds is 2. The average molecular weight is 368 g/mol. The Kier molecular flexibility index (Phi) is 3.52. The van der Waals surface area contributed by atoms with Crippen molar-refractivity contribution in [2.75, 3.05) is 0 Å². The maximum Gasteiger partial charge on any atom is 0.268 e. The van der Waals surface area contributed by atoms with Crippen molar-refractivity contribution in [2.45, 2.75) is 18.7 Å². The molecule has 0 fully saturated rings. The molecule has 2 aliphatic rings. The summed E-state index contributed by atoms with van der Waals surface area (Å²) in [5.74, 6) is -1.09. The Hall–Kier alpha value is -2.93. The fourth-order valence-electron chi connectivity index (χ4n) is 3.29. The number of Topliss-reactive ketones (excluding diaryl/α,β-unsaturated/α-hetero) is 2. The zero-order chi connectivity index (χ0) is 18.6. The number of carbonyl (C=O) groups excluding carboxylic acids is 2. The van der Waals surface area contributed by atoms with Gasteiger partial charge in [-0.3, -0.25) is 9.59 Å². The first-order valence-electron chi connectivity index (χ1n) is 8.12. The smallest absolute Gasteiger partial charge is 0.268 e. The van der Waals surface area contributed by atoms with Crippen LogP contribution in [0.25, 0.3) is 0 Å². The summed E-state index contributed by atoms with van der Waals surface area (Å²) >= 11 is 0. The molecule has 4 rings (SSSR count). The van der Waals surface area contributed by atoms with E-state index in [4.69, 9.17) is 0 Å². The van der Waals surface area contributed by atoms with Gasteiger partial charge < -0.3 is 5.32 Å². The average Bonchev–Trinajstić information content (AvgIpc) is 3.06. The molecule has 2 heterocycles. The van der Waals surface area contributed by atoms with E-state index in [1.807, 2.05) is 6.92 Å². The predicted octanol–water partition coefficient (Wildman–Crippen LogP) is 2.42. The molecule has 1 aromatic carbocycles. The molecule has 0 saturated carbocycles. The molecular weight excluding hydrogens is 352 g/mol. The molecule has 26 heavy (non-hydrogen) atoms. The summed E-state index contributed by atoms with van der Waals surface area (Å²) in [5.41, 5.74) is 1.44. The molecule has 0 saturated heterocycles. The Morgan fingerprint density at radius 1 is 1.04 bits per heavy atom. The van der Waals surface area contributed by atoms with Gasteiger partial charge in [-0.25, -0.2) is 12.4 Å². The Bertz CT molecular complexity index is 1120. The number of ketones is 2. The van der Waals surface area contributed by atoms with Crippen molar-refractivity contribution in [3.05, 3.63) is 76.9 Å². The van der Waals surface area contributed by atoms with Crippen LogP contribution >= 0.6 is 0 Å². The van der Waals surface area contributed by atoms with Gasteiger partial charge in [-0.1, -0.05) is 30.7 Å². The van der Waals surface area contributed by atoms with Gasteiger partial charge in [-0.05, 0) is 31.3 Å². The zero-order valence-electron chi connectivity index (χ0n) is 14.2. The van der Waals surface area contributed by atoms with E-state index in [9.17, 15) is 18.0 Å². The summed E-state index contributed by atoms with van der Waals surface area (Å²) < 4.78 is 27.0. The second-order valence-corrected chi connectivity index (χ2v) is 8.25. The van der Waals surface area contributed by atoms with Crippen LogP contribution in [0.3, 0.4) is 0 Å². The Labute approximate surface area is 150 Å². The van der Waals surface area contributed by atoms with E-state index in [1.165, 1.54) is 24.4 Å². The van der Waals surface area contributed by atoms with Crippen LogP contribution in [0.15, 0.2) is 65.0 Å². The summed E-state index contributed by atoms with van der Waals surface area (Å²) in [6, 6.07) is 7.74. The van der Waals surface area contributed by atoms with Crippen LogP contribution in [0.5, 0.6) is 0 Å². The molecule has 0 bridgehead atoms. The topological polar surface area (TPSA) is 85.2 Å². The molecule has 1 N–H and O–H groups in total. The lowest BCUT2D eigenvalue weighted by Crippen LogP contribution is -2.34. The van der Waals surface area contributed by atoms with Gasteiger partial charge in [0.2, 0.25) is 11.6 Å². The van der Waals surface area contributed by atoms with Crippen molar-refractivity contribution in [3.8, 4) is 0 Å². The van der Waals surface area contributed by atoms with Gasteiger partial charge in [0.05, 0.1) is 16.2 Å². The number of hydrogen-bond acceptors (Lipinski definition) is 5. The van der Waals surface area contributed by atoms with Crippen LogP contribution in [0, 0.1) is 12.8 Å². The van der Waals surface area contributed by atoms with E-state index in [2.05, 4.69) is 5.32 Å². The molecule has 1 unspecified atom stereocenters. The number of nitrogens with zero attached hydrogens (tertiary/aromatic N) is 1. The number of aryl methyl sites for hydroxylation is 1. The summed E-state index contributed by atoms with van der Waals surface area (Å²) in [4.78, 5) is 25.9. The lowest BCUT2D eigenvalue weighted by atomic mass is 9.84. The maximum atomic E-state index is 13.1. The number of nitrogens with one attached hydrogen (secondary N) is 1. The third-order valence-corrected chi connectivity index (χ3v) is 6.39.